The van der Waals surface area contributed by atoms with E-state index in [1.165, 1.54) is 0 Å². The summed E-state index contributed by atoms with van der Waals surface area (Å²) >= 11 is 0. The third-order valence-electron chi connectivity index (χ3n) is 2.45. The van der Waals surface area contributed by atoms with Crippen molar-refractivity contribution in [2.24, 2.45) is 17.1 Å². The molecule has 0 aliphatic carbocycles. The van der Waals surface area contributed by atoms with Crippen LogP contribution < -0.4 is 11.1 Å². The third-order valence-corrected chi connectivity index (χ3v) is 2.45. The van der Waals surface area contributed by atoms with Crippen LogP contribution in [0.1, 0.15) is 40.5 Å². The van der Waals surface area contributed by atoms with E-state index in [9.17, 15) is 9.59 Å². The Kier molecular flexibility index (Phi) is 6.16. The lowest BCUT2D eigenvalue weighted by molar-refractivity contribution is -0.140. The third kappa shape index (κ3) is 7.74. The summed E-state index contributed by atoms with van der Waals surface area (Å²) in [6, 6.07) is -1.12. The first-order valence-electron chi connectivity index (χ1n) is 5.89. The molecule has 0 radical (unpaired) electrons. The molecule has 0 aliphatic rings. The molecule has 0 spiro atoms. The van der Waals surface area contributed by atoms with Gasteiger partial charge in [0, 0.05) is 6.54 Å². The number of aliphatic carboxylic acids is 1. The summed E-state index contributed by atoms with van der Waals surface area (Å²) in [5.74, 6) is -0.901. The van der Waals surface area contributed by atoms with E-state index in [1.807, 2.05) is 0 Å². The van der Waals surface area contributed by atoms with Crippen LogP contribution in [-0.2, 0) is 9.59 Å². The van der Waals surface area contributed by atoms with Crippen molar-refractivity contribution in [2.75, 3.05) is 6.54 Å². The Bertz CT molecular complexity index is 275. The minimum Gasteiger partial charge on any atom is -0.480 e. The molecule has 0 rings (SSSR count). The van der Waals surface area contributed by atoms with E-state index >= 15 is 0 Å². The highest BCUT2D eigenvalue weighted by Gasteiger charge is 2.22. The zero-order valence-corrected chi connectivity index (χ0v) is 11.1. The summed E-state index contributed by atoms with van der Waals surface area (Å²) in [4.78, 5) is 21.9. The molecule has 0 aromatic rings. The molecule has 0 heterocycles. The van der Waals surface area contributed by atoms with E-state index < -0.39 is 12.0 Å². The van der Waals surface area contributed by atoms with Crippen molar-refractivity contribution in [1.29, 1.82) is 0 Å². The maximum absolute atomic E-state index is 11.4. The van der Waals surface area contributed by atoms with Gasteiger partial charge in [0.25, 0.3) is 0 Å². The largest absolute Gasteiger partial charge is 0.480 e. The molecule has 4 N–H and O–H groups in total. The summed E-state index contributed by atoms with van der Waals surface area (Å²) < 4.78 is 0. The highest BCUT2D eigenvalue weighted by Crippen LogP contribution is 2.23. The van der Waals surface area contributed by atoms with E-state index in [1.54, 1.807) is 0 Å². The average Bonchev–Trinajstić information content (AvgIpc) is 2.12. The normalized spacial score (nSPS) is 13.5. The van der Waals surface area contributed by atoms with Crippen molar-refractivity contribution < 1.29 is 14.7 Å². The zero-order chi connectivity index (χ0) is 13.6. The molecular weight excluding hydrogens is 220 g/mol. The van der Waals surface area contributed by atoms with Gasteiger partial charge in [-0.25, -0.2) is 0 Å². The van der Waals surface area contributed by atoms with Gasteiger partial charge in [0.05, 0.1) is 6.42 Å². The molecule has 0 aliphatic heterocycles. The lowest BCUT2D eigenvalue weighted by Gasteiger charge is -2.27. The van der Waals surface area contributed by atoms with Gasteiger partial charge in [-0.05, 0) is 17.8 Å². The SMILES string of the molecule is CC(C)CC(C)(C)CNC(=O)CC(N)C(=O)O. The quantitative estimate of drug-likeness (QED) is 0.622. The predicted molar refractivity (Wildman–Crippen MR) is 66.5 cm³/mol. The maximum Gasteiger partial charge on any atom is 0.321 e. The minimum atomic E-state index is -1.15. The van der Waals surface area contributed by atoms with E-state index in [0.717, 1.165) is 6.42 Å². The number of carboxylic acids is 1. The molecule has 0 aromatic carbocycles. The van der Waals surface area contributed by atoms with Gasteiger partial charge in [-0.3, -0.25) is 9.59 Å². The Morgan fingerprint density at radius 3 is 2.29 bits per heavy atom. The van der Waals surface area contributed by atoms with Gasteiger partial charge in [-0.15, -0.1) is 0 Å². The Balaban J connectivity index is 4.03. The Labute approximate surface area is 103 Å². The van der Waals surface area contributed by atoms with Crippen molar-refractivity contribution in [3.8, 4) is 0 Å². The van der Waals surface area contributed by atoms with Crippen molar-refractivity contribution >= 4 is 11.9 Å². The Morgan fingerprint density at radius 2 is 1.88 bits per heavy atom. The number of amides is 1. The molecule has 0 bridgehead atoms. The lowest BCUT2D eigenvalue weighted by Crippen LogP contribution is -2.40. The molecule has 1 atom stereocenters. The van der Waals surface area contributed by atoms with Crippen LogP contribution in [0.25, 0.3) is 0 Å². The summed E-state index contributed by atoms with van der Waals surface area (Å²) in [7, 11) is 0. The van der Waals surface area contributed by atoms with Gasteiger partial charge in [-0.1, -0.05) is 27.7 Å². The number of nitrogens with one attached hydrogen (secondary N) is 1. The standard InChI is InChI=1S/C12H24N2O3/c1-8(2)6-12(3,4)7-14-10(15)5-9(13)11(16)17/h8-9H,5-7,13H2,1-4H3,(H,14,15)(H,16,17). The highest BCUT2D eigenvalue weighted by molar-refractivity contribution is 5.84. The van der Waals surface area contributed by atoms with Crippen LogP contribution in [0.15, 0.2) is 0 Å². The molecule has 0 aromatic heterocycles. The molecule has 5 heteroatoms. The molecular formula is C12H24N2O3. The number of hydrogen-bond donors (Lipinski definition) is 3. The van der Waals surface area contributed by atoms with E-state index in [-0.39, 0.29) is 17.7 Å². The summed E-state index contributed by atoms with van der Waals surface area (Å²) in [5.41, 5.74) is 5.29. The number of carbonyl (C=O) groups excluding carboxylic acids is 1. The number of carbonyl (C=O) groups is 2. The second-order valence-electron chi connectivity index (χ2n) is 5.69. The summed E-state index contributed by atoms with van der Waals surface area (Å²) in [6.45, 7) is 8.94. The fourth-order valence-electron chi connectivity index (χ4n) is 1.87. The highest BCUT2D eigenvalue weighted by atomic mass is 16.4. The molecule has 5 nitrogen and oxygen atoms in total. The van der Waals surface area contributed by atoms with Crippen LogP contribution in [-0.4, -0.2) is 29.6 Å². The smallest absolute Gasteiger partial charge is 0.321 e. The molecule has 0 fully saturated rings. The van der Waals surface area contributed by atoms with E-state index in [4.69, 9.17) is 10.8 Å². The van der Waals surface area contributed by atoms with Crippen LogP contribution in [0.2, 0.25) is 0 Å². The molecule has 1 unspecified atom stereocenters. The molecule has 1 amide bonds. The van der Waals surface area contributed by atoms with Crippen molar-refractivity contribution in [1.82, 2.24) is 5.32 Å². The second-order valence-corrected chi connectivity index (χ2v) is 5.69. The topological polar surface area (TPSA) is 92.4 Å². The van der Waals surface area contributed by atoms with Gasteiger partial charge in [0.1, 0.15) is 6.04 Å². The van der Waals surface area contributed by atoms with Crippen molar-refractivity contribution in [3.63, 3.8) is 0 Å². The first-order chi connectivity index (χ1) is 7.64. The van der Waals surface area contributed by atoms with E-state index in [0.29, 0.717) is 12.5 Å². The minimum absolute atomic E-state index is 0.0111. The first kappa shape index (κ1) is 15.9. The maximum atomic E-state index is 11.4. The Hall–Kier alpha value is -1.10. The van der Waals surface area contributed by atoms with Crippen LogP contribution in [0.5, 0.6) is 0 Å². The molecule has 0 saturated heterocycles. The molecule has 0 saturated carbocycles. The van der Waals surface area contributed by atoms with Gasteiger partial charge in [0.2, 0.25) is 5.91 Å². The zero-order valence-electron chi connectivity index (χ0n) is 11.1. The predicted octanol–water partition coefficient (Wildman–Crippen LogP) is 0.977. The van der Waals surface area contributed by atoms with Crippen LogP contribution >= 0.6 is 0 Å². The second kappa shape index (κ2) is 6.59. The molecule has 100 valence electrons. The molecule has 17 heavy (non-hydrogen) atoms. The monoisotopic (exact) mass is 244 g/mol. The van der Waals surface area contributed by atoms with Crippen molar-refractivity contribution in [3.05, 3.63) is 0 Å². The fraction of sp³-hybridized carbons (Fsp3) is 0.833. The van der Waals surface area contributed by atoms with Gasteiger partial charge in [0.15, 0.2) is 0 Å². The number of nitrogens with two attached hydrogens (primary N) is 1. The van der Waals surface area contributed by atoms with Gasteiger partial charge >= 0.3 is 5.97 Å². The van der Waals surface area contributed by atoms with E-state index in [2.05, 4.69) is 33.0 Å². The van der Waals surface area contributed by atoms with Crippen LogP contribution in [0.4, 0.5) is 0 Å². The van der Waals surface area contributed by atoms with Crippen molar-refractivity contribution in [2.45, 2.75) is 46.6 Å². The summed E-state index contributed by atoms with van der Waals surface area (Å²) in [6.07, 6.45) is 0.825. The number of carboxylic acid groups (broad SMARTS) is 1. The van der Waals surface area contributed by atoms with Crippen LogP contribution in [0, 0.1) is 11.3 Å². The lowest BCUT2D eigenvalue weighted by atomic mass is 9.84. The summed E-state index contributed by atoms with van der Waals surface area (Å²) in [5, 5.41) is 11.3. The van der Waals surface area contributed by atoms with Gasteiger partial charge < -0.3 is 16.2 Å². The first-order valence-corrected chi connectivity index (χ1v) is 5.89. The van der Waals surface area contributed by atoms with Gasteiger partial charge in [-0.2, -0.15) is 0 Å². The number of hydrogen-bond acceptors (Lipinski definition) is 3. The number of rotatable bonds is 7. The fourth-order valence-corrected chi connectivity index (χ4v) is 1.87. The average molecular weight is 244 g/mol. The Morgan fingerprint density at radius 1 is 1.35 bits per heavy atom. The van der Waals surface area contributed by atoms with Crippen LogP contribution in [0.3, 0.4) is 0 Å².